The van der Waals surface area contributed by atoms with Crippen LogP contribution in [0.3, 0.4) is 0 Å². The van der Waals surface area contributed by atoms with Crippen LogP contribution in [0.5, 0.6) is 0 Å². The first-order valence-corrected chi connectivity index (χ1v) is 3.33. The normalized spacial score (nSPS) is 14.6. The molecule has 0 aromatic rings. The van der Waals surface area contributed by atoms with Crippen LogP contribution in [0.25, 0.3) is 0 Å². The van der Waals surface area contributed by atoms with E-state index in [2.05, 4.69) is 0 Å². The molecule has 0 radical (unpaired) electrons. The van der Waals surface area contributed by atoms with E-state index in [0.717, 1.165) is 6.92 Å². The molecule has 0 saturated carbocycles. The lowest BCUT2D eigenvalue weighted by Gasteiger charge is -2.27. The fourth-order valence-corrected chi connectivity index (χ4v) is 0.563. The van der Waals surface area contributed by atoms with Crippen LogP contribution in [-0.2, 0) is 0 Å². The molecule has 0 nitrogen and oxygen atoms in total. The highest BCUT2D eigenvalue weighted by molar-refractivity contribution is 4.99. The van der Waals surface area contributed by atoms with E-state index in [1.807, 2.05) is 0 Å². The molecule has 0 unspecified atom stereocenters. The Labute approximate surface area is 60.9 Å². The number of alkyl halides is 2. The molecule has 2 heteroatoms. The van der Waals surface area contributed by atoms with Crippen molar-refractivity contribution >= 4 is 0 Å². The Morgan fingerprint density at radius 1 is 1.10 bits per heavy atom. The van der Waals surface area contributed by atoms with E-state index in [0.29, 0.717) is 0 Å². The lowest BCUT2D eigenvalue weighted by molar-refractivity contribution is -0.0634. The van der Waals surface area contributed by atoms with Gasteiger partial charge in [0.15, 0.2) is 0 Å². The van der Waals surface area contributed by atoms with Gasteiger partial charge in [0.25, 0.3) is 5.92 Å². The third-order valence-corrected chi connectivity index (χ3v) is 1.71. The van der Waals surface area contributed by atoms with E-state index in [-0.39, 0.29) is 0 Å². The van der Waals surface area contributed by atoms with Crippen LogP contribution in [0.15, 0.2) is 12.2 Å². The van der Waals surface area contributed by atoms with Gasteiger partial charge in [-0.05, 0) is 6.92 Å². The monoisotopic (exact) mass is 148 g/mol. The summed E-state index contributed by atoms with van der Waals surface area (Å²) < 4.78 is 25.3. The number of hydrogen-bond donors (Lipinski definition) is 0. The summed E-state index contributed by atoms with van der Waals surface area (Å²) in [5, 5.41) is 0. The van der Waals surface area contributed by atoms with Crippen LogP contribution in [0.1, 0.15) is 27.7 Å². The van der Waals surface area contributed by atoms with Crippen molar-refractivity contribution in [2.24, 2.45) is 5.41 Å². The summed E-state index contributed by atoms with van der Waals surface area (Å²) >= 11 is 0. The zero-order chi connectivity index (χ0) is 8.41. The minimum Gasteiger partial charge on any atom is -0.206 e. The average Bonchev–Trinajstić information content (AvgIpc) is 1.61. The van der Waals surface area contributed by atoms with Gasteiger partial charge in [-0.15, -0.1) is 0 Å². The van der Waals surface area contributed by atoms with Gasteiger partial charge in [-0.2, -0.15) is 0 Å². The summed E-state index contributed by atoms with van der Waals surface area (Å²) in [5.74, 6) is -2.64. The zero-order valence-electron chi connectivity index (χ0n) is 6.91. The van der Waals surface area contributed by atoms with Crippen LogP contribution in [0.4, 0.5) is 8.78 Å². The van der Waals surface area contributed by atoms with E-state index in [1.165, 1.54) is 19.9 Å². The Bertz CT molecular complexity index is 129. The molecule has 0 aromatic heterocycles. The molecule has 0 rings (SSSR count). The van der Waals surface area contributed by atoms with Crippen molar-refractivity contribution in [3.8, 4) is 0 Å². The Balaban J connectivity index is 4.40. The first kappa shape index (κ1) is 9.60. The van der Waals surface area contributed by atoms with Crippen molar-refractivity contribution in [2.45, 2.75) is 33.6 Å². The predicted molar refractivity (Wildman–Crippen MR) is 39.2 cm³/mol. The molecule has 0 aliphatic rings. The smallest absolute Gasteiger partial charge is 0.206 e. The summed E-state index contributed by atoms with van der Waals surface area (Å²) in [6.45, 7) is 5.72. The summed E-state index contributed by atoms with van der Waals surface area (Å²) in [7, 11) is 0. The zero-order valence-corrected chi connectivity index (χ0v) is 6.91. The molecule has 0 saturated heterocycles. The average molecular weight is 148 g/mol. The number of rotatable bonds is 2. The summed E-state index contributed by atoms with van der Waals surface area (Å²) in [5.41, 5.74) is -1.03. The molecule has 60 valence electrons. The van der Waals surface area contributed by atoms with Crippen LogP contribution in [0, 0.1) is 5.41 Å². The van der Waals surface area contributed by atoms with Crippen molar-refractivity contribution in [1.82, 2.24) is 0 Å². The van der Waals surface area contributed by atoms with Gasteiger partial charge >= 0.3 is 0 Å². The molecule has 0 fully saturated rings. The van der Waals surface area contributed by atoms with Crippen molar-refractivity contribution < 1.29 is 8.78 Å². The quantitative estimate of drug-likeness (QED) is 0.527. The minimum atomic E-state index is -2.64. The van der Waals surface area contributed by atoms with E-state index in [9.17, 15) is 8.78 Å². The number of halogens is 2. The van der Waals surface area contributed by atoms with Gasteiger partial charge in [-0.25, -0.2) is 8.78 Å². The van der Waals surface area contributed by atoms with Crippen LogP contribution in [-0.4, -0.2) is 5.92 Å². The van der Waals surface area contributed by atoms with E-state index in [1.54, 1.807) is 13.0 Å². The first-order valence-electron chi connectivity index (χ1n) is 3.33. The van der Waals surface area contributed by atoms with E-state index >= 15 is 0 Å². The maximum Gasteiger partial charge on any atom is 0.253 e. The Morgan fingerprint density at radius 3 is 1.60 bits per heavy atom. The molecule has 10 heavy (non-hydrogen) atoms. The molecule has 0 bridgehead atoms. The fraction of sp³-hybridized carbons (Fsp3) is 0.750. The molecule has 0 spiro atoms. The minimum absolute atomic E-state index is 0.938. The standard InChI is InChI=1S/C8H14F2/c1-5-6-7(2,3)8(4,9)10/h5-6H,1-4H3/b6-5-. The largest absolute Gasteiger partial charge is 0.253 e. The van der Waals surface area contributed by atoms with Crippen molar-refractivity contribution in [3.05, 3.63) is 12.2 Å². The van der Waals surface area contributed by atoms with Crippen molar-refractivity contribution in [1.29, 1.82) is 0 Å². The molecule has 0 atom stereocenters. The molecule has 0 heterocycles. The molecule has 0 aliphatic heterocycles. The van der Waals surface area contributed by atoms with Gasteiger partial charge in [0.05, 0.1) is 0 Å². The van der Waals surface area contributed by atoms with Gasteiger partial charge in [0.1, 0.15) is 0 Å². The van der Waals surface area contributed by atoms with Crippen molar-refractivity contribution in [2.75, 3.05) is 0 Å². The maximum atomic E-state index is 12.6. The topological polar surface area (TPSA) is 0 Å². The van der Waals surface area contributed by atoms with Crippen LogP contribution >= 0.6 is 0 Å². The summed E-state index contributed by atoms with van der Waals surface area (Å²) in [6, 6.07) is 0. The van der Waals surface area contributed by atoms with E-state index in [4.69, 9.17) is 0 Å². The molecular weight excluding hydrogens is 134 g/mol. The third kappa shape index (κ3) is 2.09. The SMILES string of the molecule is C/C=C\C(C)(C)C(C)(F)F. The van der Waals surface area contributed by atoms with Gasteiger partial charge in [-0.3, -0.25) is 0 Å². The Morgan fingerprint density at radius 2 is 1.50 bits per heavy atom. The van der Waals surface area contributed by atoms with Crippen LogP contribution < -0.4 is 0 Å². The predicted octanol–water partition coefficient (Wildman–Crippen LogP) is 3.24. The molecule has 0 aromatic carbocycles. The van der Waals surface area contributed by atoms with Gasteiger partial charge in [0, 0.05) is 12.3 Å². The maximum absolute atomic E-state index is 12.6. The molecule has 0 aliphatic carbocycles. The molecular formula is C8H14F2. The lowest BCUT2D eigenvalue weighted by atomic mass is 9.86. The second kappa shape index (κ2) is 2.69. The summed E-state index contributed by atoms with van der Waals surface area (Å²) in [6.07, 6.45) is 3.17. The summed E-state index contributed by atoms with van der Waals surface area (Å²) in [4.78, 5) is 0. The lowest BCUT2D eigenvalue weighted by Crippen LogP contribution is -2.31. The van der Waals surface area contributed by atoms with Gasteiger partial charge in [-0.1, -0.05) is 26.0 Å². The second-order valence-electron chi connectivity index (χ2n) is 3.11. The second-order valence-corrected chi connectivity index (χ2v) is 3.11. The van der Waals surface area contributed by atoms with Crippen LogP contribution in [0.2, 0.25) is 0 Å². The Kier molecular flexibility index (Phi) is 2.58. The van der Waals surface area contributed by atoms with Crippen molar-refractivity contribution in [3.63, 3.8) is 0 Å². The van der Waals surface area contributed by atoms with Gasteiger partial charge < -0.3 is 0 Å². The molecule has 0 N–H and O–H groups in total. The molecule has 0 amide bonds. The highest BCUT2D eigenvalue weighted by Crippen LogP contribution is 2.36. The third-order valence-electron chi connectivity index (χ3n) is 1.71. The van der Waals surface area contributed by atoms with E-state index < -0.39 is 11.3 Å². The number of allylic oxidation sites excluding steroid dienone is 2. The van der Waals surface area contributed by atoms with Gasteiger partial charge in [0.2, 0.25) is 0 Å². The highest BCUT2D eigenvalue weighted by atomic mass is 19.3. The first-order chi connectivity index (χ1) is 4.31. The fourth-order valence-electron chi connectivity index (χ4n) is 0.563. The highest BCUT2D eigenvalue weighted by Gasteiger charge is 2.39. The number of hydrogen-bond acceptors (Lipinski definition) is 0. The Hall–Kier alpha value is -0.400.